The molecule has 2 heterocycles. The number of nitrogens with one attached hydrogen (secondary N) is 2. The Morgan fingerprint density at radius 2 is 1.07 bits per heavy atom. The Balaban J connectivity index is 0.000000462. The Morgan fingerprint density at radius 3 is 1.43 bits per heavy atom. The number of nitrogen functional groups attached to an aromatic ring is 1. The number of anilines is 3. The smallest absolute Gasteiger partial charge is 0.311 e. The van der Waals surface area contributed by atoms with Gasteiger partial charge < -0.3 is 35.3 Å². The number of nitro groups is 1. The lowest BCUT2D eigenvalue weighted by atomic mass is 10.1. The van der Waals surface area contributed by atoms with E-state index in [1.54, 1.807) is 39.8 Å². The average Bonchev–Trinajstić information content (AvgIpc) is 2.95. The minimum atomic E-state index is -0.784. The van der Waals surface area contributed by atoms with Crippen molar-refractivity contribution in [2.45, 2.75) is 65.5 Å². The van der Waals surface area contributed by atoms with Crippen LogP contribution in [0.4, 0.5) is 23.0 Å². The van der Waals surface area contributed by atoms with Gasteiger partial charge in [0.05, 0.1) is 62.7 Å². The van der Waals surface area contributed by atoms with Crippen LogP contribution < -0.4 is 16.4 Å². The Bertz CT molecular complexity index is 1290. The summed E-state index contributed by atoms with van der Waals surface area (Å²) < 4.78 is 19.5. The topological polar surface area (TPSA) is 224 Å². The molecule has 0 spiro atoms. The van der Waals surface area contributed by atoms with Crippen LogP contribution in [0.15, 0.2) is 24.3 Å². The molecule has 0 saturated carbocycles. The number of hydrogen-bond acceptors (Lipinski definition) is 15. The maximum Gasteiger partial charge on any atom is 0.311 e. The van der Waals surface area contributed by atoms with Crippen molar-refractivity contribution >= 4 is 70.1 Å². The van der Waals surface area contributed by atoms with Crippen LogP contribution in [0.2, 0.25) is 10.3 Å². The molecule has 0 fully saturated rings. The molecular weight excluding hydrogens is 651 g/mol. The van der Waals surface area contributed by atoms with Gasteiger partial charge in [0.2, 0.25) is 5.82 Å². The first kappa shape index (κ1) is 39.6. The van der Waals surface area contributed by atoms with Gasteiger partial charge in [0.25, 0.3) is 0 Å². The summed E-state index contributed by atoms with van der Waals surface area (Å²) in [4.78, 5) is 64.9. The van der Waals surface area contributed by atoms with Gasteiger partial charge in [-0.2, -0.15) is 0 Å². The quantitative estimate of drug-likeness (QED) is 0.0691. The minimum Gasteiger partial charge on any atom is -0.466 e. The molecule has 46 heavy (non-hydrogen) atoms. The first-order chi connectivity index (χ1) is 21.8. The molecule has 0 aliphatic heterocycles. The Hall–Kier alpha value is -4.44. The maximum atomic E-state index is 11.7. The Morgan fingerprint density at radius 1 is 0.717 bits per heavy atom. The predicted molar refractivity (Wildman–Crippen MR) is 169 cm³/mol. The van der Waals surface area contributed by atoms with Crippen LogP contribution in [0.1, 0.15) is 53.4 Å². The lowest BCUT2D eigenvalue weighted by molar-refractivity contribution is -0.384. The van der Waals surface area contributed by atoms with Crippen molar-refractivity contribution in [3.63, 3.8) is 0 Å². The highest BCUT2D eigenvalue weighted by atomic mass is 35.5. The van der Waals surface area contributed by atoms with E-state index in [9.17, 15) is 29.3 Å². The zero-order chi connectivity index (χ0) is 34.6. The number of nitrogens with zero attached hydrogens (tertiary/aromatic N) is 3. The predicted octanol–water partition coefficient (Wildman–Crippen LogP) is 4.33. The molecule has 2 aromatic heterocycles. The van der Waals surface area contributed by atoms with Crippen LogP contribution in [-0.2, 0) is 38.1 Å². The third-order valence-corrected chi connectivity index (χ3v) is 5.91. The molecule has 2 rings (SSSR count). The van der Waals surface area contributed by atoms with Crippen molar-refractivity contribution in [1.29, 1.82) is 0 Å². The average molecular weight is 690 g/mol. The Labute approximate surface area is 275 Å². The number of pyridine rings is 2. The number of esters is 4. The summed E-state index contributed by atoms with van der Waals surface area (Å²) in [5, 5.41) is 17.0. The molecule has 0 radical (unpaired) electrons. The van der Waals surface area contributed by atoms with E-state index < -0.39 is 40.9 Å². The van der Waals surface area contributed by atoms with Crippen LogP contribution in [0.3, 0.4) is 0 Å². The van der Waals surface area contributed by atoms with Crippen LogP contribution in [-0.4, -0.2) is 77.3 Å². The summed E-state index contributed by atoms with van der Waals surface area (Å²) >= 11 is 11.6. The van der Waals surface area contributed by atoms with E-state index in [0.717, 1.165) is 0 Å². The molecule has 0 aromatic carbocycles. The maximum absolute atomic E-state index is 11.7. The summed E-state index contributed by atoms with van der Waals surface area (Å²) in [6, 6.07) is 4.26. The first-order valence-corrected chi connectivity index (χ1v) is 15.0. The first-order valence-electron chi connectivity index (χ1n) is 14.2. The molecule has 0 bridgehead atoms. The molecule has 0 atom stereocenters. The molecule has 16 nitrogen and oxygen atoms in total. The van der Waals surface area contributed by atoms with Gasteiger partial charge >= 0.3 is 29.6 Å². The normalized spacial score (nSPS) is 10.3. The van der Waals surface area contributed by atoms with E-state index in [1.807, 2.05) is 0 Å². The van der Waals surface area contributed by atoms with Crippen molar-refractivity contribution in [3.8, 4) is 0 Å². The molecular formula is C28H38Cl2N6O10. The van der Waals surface area contributed by atoms with E-state index >= 15 is 0 Å². The van der Waals surface area contributed by atoms with E-state index in [-0.39, 0.29) is 73.9 Å². The summed E-state index contributed by atoms with van der Waals surface area (Å²) in [6.45, 7) is 7.61. The van der Waals surface area contributed by atoms with Crippen molar-refractivity contribution in [2.75, 3.05) is 42.8 Å². The number of ether oxygens (including phenoxy) is 4. The fourth-order valence-electron chi connectivity index (χ4n) is 3.66. The number of nitrogens with two attached hydrogens (primary N) is 1. The molecule has 0 saturated heterocycles. The van der Waals surface area contributed by atoms with Gasteiger partial charge in [-0.25, -0.2) is 9.97 Å². The van der Waals surface area contributed by atoms with Crippen molar-refractivity contribution in [3.05, 3.63) is 44.7 Å². The lowest BCUT2D eigenvalue weighted by Gasteiger charge is -2.19. The number of carbonyl (C=O) groups excluding carboxylic acids is 4. The van der Waals surface area contributed by atoms with Crippen LogP contribution >= 0.6 is 23.2 Å². The van der Waals surface area contributed by atoms with Gasteiger partial charge in [0.15, 0.2) is 5.82 Å². The number of hydrogen-bond donors (Lipinski definition) is 3. The number of aromatic nitrogens is 2. The summed E-state index contributed by atoms with van der Waals surface area (Å²) in [6.07, 6.45) is -0.392. The highest BCUT2D eigenvalue weighted by Crippen LogP contribution is 2.26. The summed E-state index contributed by atoms with van der Waals surface area (Å²) in [7, 11) is 0. The summed E-state index contributed by atoms with van der Waals surface area (Å²) in [5.74, 6) is -1.78. The highest BCUT2D eigenvalue weighted by Gasteiger charge is 2.24. The molecule has 0 aliphatic rings. The second-order valence-electron chi connectivity index (χ2n) is 9.05. The molecule has 4 N–H and O–H groups in total. The van der Waals surface area contributed by atoms with Crippen molar-refractivity contribution < 1.29 is 43.0 Å². The minimum absolute atomic E-state index is 0.0136. The fraction of sp³-hybridized carbons (Fsp3) is 0.500. The van der Waals surface area contributed by atoms with Crippen LogP contribution in [0, 0.1) is 10.1 Å². The standard InChI is InChI=1S/C14H18ClN3O6.C14H20ClN3O4/c1-3-23-12(19)7-9(8-13(20)24-4-2)16-14-10(18(21)22)5-6-11(15)17-14;1-3-21-12(19)7-9(8-13(20)22-4-2)17-14-10(16)5-6-11(15)18-14/h5-6,9H,3-4,7-8H2,1-2H3,(H,16,17);5-6,9H,3-4,7-8,16H2,1-2H3,(H,17,18). The highest BCUT2D eigenvalue weighted by molar-refractivity contribution is 6.29. The van der Waals surface area contributed by atoms with Crippen LogP contribution in [0.5, 0.6) is 0 Å². The van der Waals surface area contributed by atoms with Crippen LogP contribution in [0.25, 0.3) is 0 Å². The van der Waals surface area contributed by atoms with Gasteiger partial charge in [0.1, 0.15) is 10.3 Å². The van der Waals surface area contributed by atoms with Gasteiger partial charge in [0, 0.05) is 18.2 Å². The molecule has 0 aliphatic carbocycles. The van der Waals surface area contributed by atoms with Crippen molar-refractivity contribution in [1.82, 2.24) is 9.97 Å². The third kappa shape index (κ3) is 15.5. The van der Waals surface area contributed by atoms with E-state index in [0.29, 0.717) is 11.5 Å². The summed E-state index contributed by atoms with van der Waals surface area (Å²) in [5.41, 5.74) is 5.84. The number of carbonyl (C=O) groups is 4. The van der Waals surface area contributed by atoms with Gasteiger partial charge in [-0.05, 0) is 45.9 Å². The number of halogens is 2. The molecule has 2 aromatic rings. The molecule has 18 heteroatoms. The second kappa shape index (κ2) is 21.3. The number of rotatable bonds is 17. The fourth-order valence-corrected chi connectivity index (χ4v) is 3.96. The zero-order valence-corrected chi connectivity index (χ0v) is 27.4. The van der Waals surface area contributed by atoms with Gasteiger partial charge in [-0.3, -0.25) is 29.3 Å². The van der Waals surface area contributed by atoms with E-state index in [4.69, 9.17) is 47.9 Å². The molecule has 254 valence electrons. The largest absolute Gasteiger partial charge is 0.466 e. The molecule has 0 amide bonds. The second-order valence-corrected chi connectivity index (χ2v) is 9.82. The third-order valence-electron chi connectivity index (χ3n) is 5.48. The SMILES string of the molecule is CCOC(=O)CC(CC(=O)OCC)Nc1nc(Cl)ccc1N.CCOC(=O)CC(CC(=O)OCC)Nc1nc(Cl)ccc1[N+](=O)[O-]. The lowest BCUT2D eigenvalue weighted by Crippen LogP contribution is -2.29. The van der Waals surface area contributed by atoms with E-state index in [1.165, 1.54) is 12.1 Å². The van der Waals surface area contributed by atoms with Crippen molar-refractivity contribution in [2.24, 2.45) is 0 Å². The Kier molecular flexibility index (Phi) is 18.3. The van der Waals surface area contributed by atoms with E-state index in [2.05, 4.69) is 20.6 Å². The monoisotopic (exact) mass is 688 g/mol. The van der Waals surface area contributed by atoms with Gasteiger partial charge in [-0.1, -0.05) is 23.2 Å². The molecule has 0 unspecified atom stereocenters. The zero-order valence-electron chi connectivity index (χ0n) is 25.9. The van der Waals surface area contributed by atoms with Gasteiger partial charge in [-0.15, -0.1) is 0 Å².